The van der Waals surface area contributed by atoms with Crippen molar-refractivity contribution in [3.05, 3.63) is 35.4 Å². The van der Waals surface area contributed by atoms with Gasteiger partial charge in [-0.1, -0.05) is 18.2 Å². The van der Waals surface area contributed by atoms with Crippen molar-refractivity contribution in [3.8, 4) is 0 Å². The summed E-state index contributed by atoms with van der Waals surface area (Å²) in [4.78, 5) is 11.9. The molecule has 1 aromatic carbocycles. The van der Waals surface area contributed by atoms with Crippen LogP contribution in [0.25, 0.3) is 0 Å². The molecule has 16 heavy (non-hydrogen) atoms. The van der Waals surface area contributed by atoms with Crippen LogP contribution in [0.15, 0.2) is 24.3 Å². The molecular weight excluding hydrogens is 224 g/mol. The molecule has 2 rings (SSSR count). The summed E-state index contributed by atoms with van der Waals surface area (Å²) in [6.45, 7) is 0. The zero-order chi connectivity index (χ0) is 11.4. The summed E-state index contributed by atoms with van der Waals surface area (Å²) in [5, 5.41) is 0. The Balaban J connectivity index is 2.07. The van der Waals surface area contributed by atoms with E-state index in [2.05, 4.69) is 0 Å². The van der Waals surface area contributed by atoms with Crippen molar-refractivity contribution in [1.29, 1.82) is 0 Å². The minimum atomic E-state index is -0.233. The summed E-state index contributed by atoms with van der Waals surface area (Å²) in [5.74, 6) is 0.110. The molecule has 0 saturated heterocycles. The molecule has 0 atom stereocenters. The third-order valence-electron chi connectivity index (χ3n) is 2.96. The minimum Gasteiger partial charge on any atom is -0.459 e. The Morgan fingerprint density at radius 2 is 2.00 bits per heavy atom. The summed E-state index contributed by atoms with van der Waals surface area (Å²) >= 11 is 5.79. The van der Waals surface area contributed by atoms with Crippen LogP contribution in [-0.2, 0) is 10.6 Å². The second-order valence-electron chi connectivity index (χ2n) is 4.10. The molecular formula is C13H15ClO2. The summed E-state index contributed by atoms with van der Waals surface area (Å²) in [5.41, 5.74) is 1.44. The van der Waals surface area contributed by atoms with E-state index < -0.39 is 0 Å². The average Bonchev–Trinajstić information content (AvgIpc) is 2.81. The third kappa shape index (κ3) is 2.56. The van der Waals surface area contributed by atoms with E-state index in [9.17, 15) is 4.79 Å². The van der Waals surface area contributed by atoms with Crippen LogP contribution in [0, 0.1) is 0 Å². The lowest BCUT2D eigenvalue weighted by molar-refractivity contribution is 0.0317. The van der Waals surface area contributed by atoms with E-state index in [0.717, 1.165) is 31.2 Å². The molecule has 1 aliphatic carbocycles. The Kier molecular flexibility index (Phi) is 3.83. The predicted octanol–water partition coefficient (Wildman–Crippen LogP) is 3.52. The highest BCUT2D eigenvalue weighted by molar-refractivity contribution is 6.17. The molecule has 0 spiro atoms. The van der Waals surface area contributed by atoms with Crippen molar-refractivity contribution in [1.82, 2.24) is 0 Å². The van der Waals surface area contributed by atoms with Crippen LogP contribution in [0.3, 0.4) is 0 Å². The van der Waals surface area contributed by atoms with Crippen molar-refractivity contribution in [2.75, 3.05) is 0 Å². The number of hydrogen-bond donors (Lipinski definition) is 0. The molecule has 0 heterocycles. The summed E-state index contributed by atoms with van der Waals surface area (Å²) in [7, 11) is 0. The van der Waals surface area contributed by atoms with E-state index >= 15 is 0 Å². The predicted molar refractivity (Wildman–Crippen MR) is 63.7 cm³/mol. The molecule has 0 radical (unpaired) electrons. The molecule has 1 saturated carbocycles. The lowest BCUT2D eigenvalue weighted by atomic mass is 10.1. The van der Waals surface area contributed by atoms with E-state index in [-0.39, 0.29) is 12.1 Å². The fourth-order valence-electron chi connectivity index (χ4n) is 2.06. The van der Waals surface area contributed by atoms with E-state index in [0.29, 0.717) is 11.4 Å². The van der Waals surface area contributed by atoms with Crippen LogP contribution >= 0.6 is 11.6 Å². The quantitative estimate of drug-likeness (QED) is 0.595. The van der Waals surface area contributed by atoms with Crippen LogP contribution in [0.5, 0.6) is 0 Å². The molecule has 0 N–H and O–H groups in total. The van der Waals surface area contributed by atoms with Gasteiger partial charge in [0.2, 0.25) is 0 Å². The Morgan fingerprint density at radius 3 is 2.69 bits per heavy atom. The molecule has 0 amide bonds. The van der Waals surface area contributed by atoms with Gasteiger partial charge in [-0.15, -0.1) is 11.6 Å². The topological polar surface area (TPSA) is 26.3 Å². The molecule has 3 heteroatoms. The number of alkyl halides is 1. The van der Waals surface area contributed by atoms with Gasteiger partial charge in [0.1, 0.15) is 6.10 Å². The fraction of sp³-hybridized carbons (Fsp3) is 0.462. The Bertz CT molecular complexity index is 370. The van der Waals surface area contributed by atoms with Gasteiger partial charge < -0.3 is 4.74 Å². The van der Waals surface area contributed by atoms with Gasteiger partial charge in [0.05, 0.1) is 5.56 Å². The van der Waals surface area contributed by atoms with Gasteiger partial charge in [0.15, 0.2) is 0 Å². The molecule has 0 unspecified atom stereocenters. The first-order chi connectivity index (χ1) is 7.81. The Morgan fingerprint density at radius 1 is 1.31 bits per heavy atom. The van der Waals surface area contributed by atoms with E-state index in [4.69, 9.17) is 16.3 Å². The number of esters is 1. The van der Waals surface area contributed by atoms with Crippen LogP contribution in [0.2, 0.25) is 0 Å². The van der Waals surface area contributed by atoms with E-state index in [1.54, 1.807) is 6.07 Å². The van der Waals surface area contributed by atoms with Gasteiger partial charge >= 0.3 is 5.97 Å². The second-order valence-corrected chi connectivity index (χ2v) is 4.37. The first-order valence-corrected chi connectivity index (χ1v) is 6.19. The SMILES string of the molecule is O=C(OC1CCCC1)c1ccccc1CCl. The molecule has 86 valence electrons. The third-order valence-corrected chi connectivity index (χ3v) is 3.25. The number of halogens is 1. The number of ether oxygens (including phenoxy) is 1. The van der Waals surface area contributed by atoms with Gasteiger partial charge in [-0.25, -0.2) is 4.79 Å². The minimum absolute atomic E-state index is 0.107. The van der Waals surface area contributed by atoms with Crippen molar-refractivity contribution in [3.63, 3.8) is 0 Å². The van der Waals surface area contributed by atoms with Gasteiger partial charge in [-0.05, 0) is 37.3 Å². The van der Waals surface area contributed by atoms with Crippen LogP contribution in [0.1, 0.15) is 41.6 Å². The second kappa shape index (κ2) is 5.35. The number of benzene rings is 1. The lowest BCUT2D eigenvalue weighted by Gasteiger charge is -2.12. The number of hydrogen-bond acceptors (Lipinski definition) is 2. The number of carbonyl (C=O) groups is 1. The van der Waals surface area contributed by atoms with Gasteiger partial charge in [0.25, 0.3) is 0 Å². The summed E-state index contributed by atoms with van der Waals surface area (Å²) in [6.07, 6.45) is 4.42. The van der Waals surface area contributed by atoms with Gasteiger partial charge in [-0.3, -0.25) is 0 Å². The van der Waals surface area contributed by atoms with E-state index in [1.165, 1.54) is 0 Å². The Labute approximate surface area is 101 Å². The van der Waals surface area contributed by atoms with Gasteiger partial charge in [-0.2, -0.15) is 0 Å². The number of rotatable bonds is 3. The highest BCUT2D eigenvalue weighted by atomic mass is 35.5. The smallest absolute Gasteiger partial charge is 0.338 e. The molecule has 1 aliphatic rings. The van der Waals surface area contributed by atoms with Crippen molar-refractivity contribution in [2.45, 2.75) is 37.7 Å². The zero-order valence-electron chi connectivity index (χ0n) is 9.12. The molecule has 1 fully saturated rings. The van der Waals surface area contributed by atoms with Crippen LogP contribution in [0.4, 0.5) is 0 Å². The molecule has 0 bridgehead atoms. The van der Waals surface area contributed by atoms with Crippen molar-refractivity contribution < 1.29 is 9.53 Å². The summed E-state index contributed by atoms with van der Waals surface area (Å²) in [6, 6.07) is 7.35. The molecule has 2 nitrogen and oxygen atoms in total. The van der Waals surface area contributed by atoms with Crippen LogP contribution < -0.4 is 0 Å². The monoisotopic (exact) mass is 238 g/mol. The maximum atomic E-state index is 11.9. The van der Waals surface area contributed by atoms with Crippen molar-refractivity contribution >= 4 is 17.6 Å². The maximum absolute atomic E-state index is 11.9. The fourth-order valence-corrected chi connectivity index (χ4v) is 2.29. The first-order valence-electron chi connectivity index (χ1n) is 5.66. The lowest BCUT2D eigenvalue weighted by Crippen LogP contribution is -2.15. The highest BCUT2D eigenvalue weighted by Crippen LogP contribution is 2.23. The first kappa shape index (κ1) is 11.5. The molecule has 0 aromatic heterocycles. The van der Waals surface area contributed by atoms with Crippen molar-refractivity contribution in [2.24, 2.45) is 0 Å². The molecule has 0 aliphatic heterocycles. The van der Waals surface area contributed by atoms with Crippen LogP contribution in [-0.4, -0.2) is 12.1 Å². The Hall–Kier alpha value is -1.02. The maximum Gasteiger partial charge on any atom is 0.338 e. The standard InChI is InChI=1S/C13H15ClO2/c14-9-10-5-1-4-8-12(10)13(15)16-11-6-2-3-7-11/h1,4-5,8,11H,2-3,6-7,9H2. The largest absolute Gasteiger partial charge is 0.459 e. The van der Waals surface area contributed by atoms with E-state index in [1.807, 2.05) is 18.2 Å². The average molecular weight is 239 g/mol. The number of carbonyl (C=O) groups excluding carboxylic acids is 1. The van der Waals surface area contributed by atoms with Gasteiger partial charge in [0, 0.05) is 5.88 Å². The normalized spacial score (nSPS) is 16.3. The molecule has 1 aromatic rings. The zero-order valence-corrected chi connectivity index (χ0v) is 9.87. The highest BCUT2D eigenvalue weighted by Gasteiger charge is 2.21. The summed E-state index contributed by atoms with van der Waals surface area (Å²) < 4.78 is 5.44.